The van der Waals surface area contributed by atoms with Crippen LogP contribution < -0.4 is 0 Å². The van der Waals surface area contributed by atoms with Crippen molar-refractivity contribution < 1.29 is 28.2 Å². The van der Waals surface area contributed by atoms with Gasteiger partial charge in [0, 0.05) is 12.0 Å². The van der Waals surface area contributed by atoms with E-state index in [0.29, 0.717) is 6.42 Å². The van der Waals surface area contributed by atoms with Crippen molar-refractivity contribution in [3.63, 3.8) is 0 Å². The first kappa shape index (κ1) is 25.1. The van der Waals surface area contributed by atoms with Crippen LogP contribution in [0.3, 0.4) is 0 Å². The first-order valence-electron chi connectivity index (χ1n) is 11.0. The van der Waals surface area contributed by atoms with E-state index in [1.807, 2.05) is 42.5 Å². The predicted octanol–water partition coefficient (Wildman–Crippen LogP) is 5.65. The third-order valence-corrected chi connectivity index (χ3v) is 5.24. The zero-order chi connectivity index (χ0) is 24.3. The van der Waals surface area contributed by atoms with Crippen LogP contribution in [-0.4, -0.2) is 36.2 Å². The molecule has 34 heavy (non-hydrogen) atoms. The van der Waals surface area contributed by atoms with Crippen LogP contribution in [0.5, 0.6) is 0 Å². The Morgan fingerprint density at radius 1 is 1.00 bits per heavy atom. The van der Waals surface area contributed by atoms with Crippen molar-refractivity contribution in [3.8, 4) is 0 Å². The van der Waals surface area contributed by atoms with Crippen LogP contribution in [0, 0.1) is 5.82 Å². The summed E-state index contributed by atoms with van der Waals surface area (Å²) in [6.45, 7) is 7.39. The molecule has 3 unspecified atom stereocenters. The number of cyclic esters (lactones) is 1. The van der Waals surface area contributed by atoms with E-state index in [9.17, 15) is 14.0 Å². The lowest BCUT2D eigenvalue weighted by molar-refractivity contribution is -0.251. The number of halogens is 1. The van der Waals surface area contributed by atoms with Crippen LogP contribution in [0.25, 0.3) is 0 Å². The van der Waals surface area contributed by atoms with Crippen molar-refractivity contribution in [1.29, 1.82) is 0 Å². The molecule has 0 spiro atoms. The Labute approximate surface area is 198 Å². The van der Waals surface area contributed by atoms with Gasteiger partial charge in [0.2, 0.25) is 5.91 Å². The molecule has 3 atom stereocenters. The molecule has 0 radical (unpaired) electrons. The monoisotopic (exact) mass is 465 g/mol. The molecule has 2 aliphatic heterocycles. The van der Waals surface area contributed by atoms with Gasteiger partial charge in [-0.15, -0.1) is 0 Å². The number of rotatable bonds is 6. The average Bonchev–Trinajstić information content (AvgIpc) is 3.30. The van der Waals surface area contributed by atoms with Crippen LogP contribution in [-0.2, 0) is 19.0 Å². The standard InChI is InChI=1S/C21H20FNO5.C6H8/c22-16-8-6-14(7-9-16)18-12-17(13-19(24)23-10-11-26-21(23)25)27-20(28-18)15-4-2-1-3-5-15;1-3-5-6-4-2/h1-9,17-18,20H,10-13H2;3-6H,1-2H2/b;6-5-. The largest absolute Gasteiger partial charge is 0.447 e. The molecule has 2 heterocycles. The van der Waals surface area contributed by atoms with E-state index < -0.39 is 18.5 Å². The number of hydrogen-bond acceptors (Lipinski definition) is 5. The molecule has 2 fully saturated rings. The van der Waals surface area contributed by atoms with Gasteiger partial charge in [-0.2, -0.15) is 0 Å². The third kappa shape index (κ3) is 6.97. The lowest BCUT2D eigenvalue weighted by Gasteiger charge is -2.36. The fourth-order valence-corrected chi connectivity index (χ4v) is 3.58. The van der Waals surface area contributed by atoms with Crippen molar-refractivity contribution in [2.75, 3.05) is 13.2 Å². The number of carbonyl (C=O) groups is 2. The first-order chi connectivity index (χ1) is 16.5. The molecule has 2 saturated heterocycles. The second-order valence-corrected chi connectivity index (χ2v) is 7.63. The molecule has 4 rings (SSSR count). The number of allylic oxidation sites excluding steroid dienone is 4. The maximum absolute atomic E-state index is 13.3. The van der Waals surface area contributed by atoms with Gasteiger partial charge in [0.05, 0.1) is 25.2 Å². The van der Waals surface area contributed by atoms with E-state index in [0.717, 1.165) is 16.0 Å². The van der Waals surface area contributed by atoms with Crippen molar-refractivity contribution in [2.24, 2.45) is 0 Å². The lowest BCUT2D eigenvalue weighted by Crippen LogP contribution is -2.37. The van der Waals surface area contributed by atoms with E-state index in [4.69, 9.17) is 14.2 Å². The normalized spacial score (nSPS) is 22.0. The van der Waals surface area contributed by atoms with E-state index in [1.54, 1.807) is 24.3 Å². The Balaban J connectivity index is 0.000000481. The Morgan fingerprint density at radius 3 is 2.26 bits per heavy atom. The highest BCUT2D eigenvalue weighted by Gasteiger charge is 2.36. The molecule has 2 aromatic rings. The quantitative estimate of drug-likeness (QED) is 0.516. The molecule has 2 amide bonds. The summed E-state index contributed by atoms with van der Waals surface area (Å²) in [5.74, 6) is -0.659. The fourth-order valence-electron chi connectivity index (χ4n) is 3.58. The maximum atomic E-state index is 13.3. The van der Waals surface area contributed by atoms with Crippen LogP contribution >= 0.6 is 0 Å². The van der Waals surface area contributed by atoms with Gasteiger partial charge in [-0.25, -0.2) is 14.1 Å². The number of carbonyl (C=O) groups excluding carboxylic acids is 2. The molecule has 0 aliphatic carbocycles. The van der Waals surface area contributed by atoms with E-state index in [1.165, 1.54) is 12.1 Å². The summed E-state index contributed by atoms with van der Waals surface area (Å²) in [6, 6.07) is 15.5. The minimum absolute atomic E-state index is 0.0412. The number of amides is 2. The smallest absolute Gasteiger partial charge is 0.416 e. The second kappa shape index (κ2) is 12.6. The van der Waals surface area contributed by atoms with Crippen molar-refractivity contribution in [3.05, 3.63) is 109 Å². The Hall–Kier alpha value is -3.55. The molecule has 0 bridgehead atoms. The number of hydrogen-bond donors (Lipinski definition) is 0. The van der Waals surface area contributed by atoms with Gasteiger partial charge >= 0.3 is 6.09 Å². The van der Waals surface area contributed by atoms with Gasteiger partial charge in [0.1, 0.15) is 12.4 Å². The Bertz CT molecular complexity index is 995. The molecule has 0 N–H and O–H groups in total. The zero-order valence-corrected chi connectivity index (χ0v) is 18.8. The van der Waals surface area contributed by atoms with Crippen LogP contribution in [0.15, 0.2) is 92.1 Å². The minimum atomic E-state index is -0.659. The fraction of sp³-hybridized carbons (Fsp3) is 0.259. The molecule has 178 valence electrons. The van der Waals surface area contributed by atoms with Gasteiger partial charge in [-0.1, -0.05) is 79.9 Å². The predicted molar refractivity (Wildman–Crippen MR) is 126 cm³/mol. The van der Waals surface area contributed by atoms with E-state index >= 15 is 0 Å². The number of ether oxygens (including phenoxy) is 3. The summed E-state index contributed by atoms with van der Waals surface area (Å²) in [5, 5.41) is 0. The van der Waals surface area contributed by atoms with Crippen LogP contribution in [0.1, 0.15) is 36.4 Å². The highest BCUT2D eigenvalue weighted by molar-refractivity contribution is 5.93. The van der Waals surface area contributed by atoms with Gasteiger partial charge < -0.3 is 14.2 Å². The first-order valence-corrected chi connectivity index (χ1v) is 11.0. The maximum Gasteiger partial charge on any atom is 0.416 e. The number of imide groups is 1. The summed E-state index contributed by atoms with van der Waals surface area (Å²) >= 11 is 0. The average molecular weight is 466 g/mol. The summed E-state index contributed by atoms with van der Waals surface area (Å²) in [5.41, 5.74) is 1.64. The zero-order valence-electron chi connectivity index (χ0n) is 18.8. The van der Waals surface area contributed by atoms with Crippen molar-refractivity contribution in [2.45, 2.75) is 31.3 Å². The molecule has 2 aromatic carbocycles. The van der Waals surface area contributed by atoms with Crippen LogP contribution in [0.4, 0.5) is 9.18 Å². The van der Waals surface area contributed by atoms with E-state index in [-0.39, 0.29) is 37.4 Å². The summed E-state index contributed by atoms with van der Waals surface area (Å²) in [4.78, 5) is 25.3. The van der Waals surface area contributed by atoms with Gasteiger partial charge in [0.15, 0.2) is 6.29 Å². The highest BCUT2D eigenvalue weighted by atomic mass is 19.1. The van der Waals surface area contributed by atoms with Gasteiger partial charge in [-0.05, 0) is 17.7 Å². The van der Waals surface area contributed by atoms with Crippen molar-refractivity contribution >= 4 is 12.0 Å². The molecule has 6 nitrogen and oxygen atoms in total. The van der Waals surface area contributed by atoms with E-state index in [2.05, 4.69) is 13.2 Å². The topological polar surface area (TPSA) is 65.1 Å². The number of benzene rings is 2. The summed E-state index contributed by atoms with van der Waals surface area (Å²) in [7, 11) is 0. The SMILES string of the molecule is C=C/C=C\C=C.O=C(CC1CC(c2ccc(F)cc2)OC(c2ccccc2)O1)N1CCOC1=O. The molecular formula is C27H28FNO5. The third-order valence-electron chi connectivity index (χ3n) is 5.24. The second-order valence-electron chi connectivity index (χ2n) is 7.63. The summed E-state index contributed by atoms with van der Waals surface area (Å²) in [6.07, 6.45) is 5.45. The van der Waals surface area contributed by atoms with Gasteiger partial charge in [0.25, 0.3) is 0 Å². The molecule has 2 aliphatic rings. The molecule has 0 saturated carbocycles. The molecular weight excluding hydrogens is 437 g/mol. The lowest BCUT2D eigenvalue weighted by atomic mass is 9.99. The molecule has 0 aromatic heterocycles. The van der Waals surface area contributed by atoms with Gasteiger partial charge in [-0.3, -0.25) is 4.79 Å². The van der Waals surface area contributed by atoms with Crippen LogP contribution in [0.2, 0.25) is 0 Å². The number of nitrogens with zero attached hydrogens (tertiary/aromatic N) is 1. The highest BCUT2D eigenvalue weighted by Crippen LogP contribution is 2.38. The summed E-state index contributed by atoms with van der Waals surface area (Å²) < 4.78 is 30.2. The van der Waals surface area contributed by atoms with Crippen molar-refractivity contribution in [1.82, 2.24) is 4.90 Å². The molecule has 7 heteroatoms. The minimum Gasteiger partial charge on any atom is -0.447 e. The Morgan fingerprint density at radius 2 is 1.68 bits per heavy atom. The Kier molecular flexibility index (Phi) is 9.31.